The fraction of sp³-hybridized carbons (Fsp3) is 0.929. The van der Waals surface area contributed by atoms with E-state index in [1.807, 2.05) is 20.8 Å². The zero-order valence-corrected chi connectivity index (χ0v) is 13.9. The van der Waals surface area contributed by atoms with Crippen molar-refractivity contribution in [2.45, 2.75) is 51.2 Å². The Morgan fingerprint density at radius 1 is 1.43 bits per heavy atom. The van der Waals surface area contributed by atoms with Gasteiger partial charge in [-0.25, -0.2) is 8.42 Å². The maximum atomic E-state index is 12.2. The normalized spacial score (nSPS) is 29.2. The third kappa shape index (κ3) is 3.76. The second kappa shape index (κ2) is 5.85. The average molecular weight is 317 g/mol. The van der Waals surface area contributed by atoms with Crippen LogP contribution in [0, 0.1) is 5.92 Å². The van der Waals surface area contributed by atoms with Gasteiger partial charge >= 0.3 is 0 Å². The molecule has 0 aromatic rings. The quantitative estimate of drug-likeness (QED) is 0.704. The van der Waals surface area contributed by atoms with Crippen molar-refractivity contribution in [1.29, 1.82) is 0 Å². The van der Waals surface area contributed by atoms with Gasteiger partial charge in [-0.05, 0) is 39.5 Å². The standard InChI is InChI=1S/C14H27N3O3S/c1-10(2)16-14(13(15)18,12-4-5-12)9-17-6-7-21(19,20)8-11(17)3/h10-12,16H,4-9H2,1-3H3,(H2,15,18). The van der Waals surface area contributed by atoms with Gasteiger partial charge in [0.1, 0.15) is 5.54 Å². The van der Waals surface area contributed by atoms with Crippen molar-refractivity contribution in [3.8, 4) is 0 Å². The molecule has 7 heteroatoms. The zero-order valence-electron chi connectivity index (χ0n) is 13.1. The molecule has 0 aromatic heterocycles. The van der Waals surface area contributed by atoms with Crippen LogP contribution in [-0.4, -0.2) is 61.4 Å². The maximum absolute atomic E-state index is 12.2. The molecule has 0 bridgehead atoms. The van der Waals surface area contributed by atoms with Gasteiger partial charge in [0.25, 0.3) is 0 Å². The molecule has 1 aliphatic heterocycles. The van der Waals surface area contributed by atoms with E-state index < -0.39 is 15.4 Å². The number of amides is 1. The smallest absolute Gasteiger partial charge is 0.239 e. The van der Waals surface area contributed by atoms with Gasteiger partial charge in [0.05, 0.1) is 11.5 Å². The highest BCUT2D eigenvalue weighted by Gasteiger charge is 2.51. The first kappa shape index (κ1) is 16.7. The van der Waals surface area contributed by atoms with Crippen LogP contribution in [0.25, 0.3) is 0 Å². The number of nitrogens with zero attached hydrogens (tertiary/aromatic N) is 1. The first-order valence-corrected chi connectivity index (χ1v) is 9.50. The summed E-state index contributed by atoms with van der Waals surface area (Å²) in [6.07, 6.45) is 2.01. The highest BCUT2D eigenvalue weighted by molar-refractivity contribution is 7.91. The van der Waals surface area contributed by atoms with Crippen molar-refractivity contribution in [1.82, 2.24) is 10.2 Å². The Labute approximate surface area is 127 Å². The first-order chi connectivity index (χ1) is 9.66. The molecule has 2 atom stereocenters. The molecular weight excluding hydrogens is 290 g/mol. The molecule has 1 saturated heterocycles. The molecular formula is C14H27N3O3S. The highest BCUT2D eigenvalue weighted by Crippen LogP contribution is 2.41. The van der Waals surface area contributed by atoms with Gasteiger partial charge in [-0.1, -0.05) is 0 Å². The first-order valence-electron chi connectivity index (χ1n) is 7.68. The number of rotatable bonds is 6. The minimum atomic E-state index is -2.95. The van der Waals surface area contributed by atoms with Crippen LogP contribution in [0.15, 0.2) is 0 Å². The van der Waals surface area contributed by atoms with E-state index in [1.54, 1.807) is 0 Å². The van der Waals surface area contributed by atoms with Crippen LogP contribution in [0.3, 0.4) is 0 Å². The highest BCUT2D eigenvalue weighted by atomic mass is 32.2. The van der Waals surface area contributed by atoms with Crippen LogP contribution in [0.1, 0.15) is 33.6 Å². The van der Waals surface area contributed by atoms with E-state index in [9.17, 15) is 13.2 Å². The maximum Gasteiger partial charge on any atom is 0.239 e. The van der Waals surface area contributed by atoms with E-state index >= 15 is 0 Å². The summed E-state index contributed by atoms with van der Waals surface area (Å²) in [6, 6.07) is 0.0807. The Morgan fingerprint density at radius 3 is 2.48 bits per heavy atom. The summed E-state index contributed by atoms with van der Waals surface area (Å²) in [5.41, 5.74) is 5.00. The summed E-state index contributed by atoms with van der Waals surface area (Å²) in [4.78, 5) is 14.3. The number of carbonyl (C=O) groups excluding carboxylic acids is 1. The molecule has 6 nitrogen and oxygen atoms in total. The molecule has 1 saturated carbocycles. The summed E-state index contributed by atoms with van der Waals surface area (Å²) in [6.45, 7) is 6.89. The lowest BCUT2D eigenvalue weighted by atomic mass is 9.89. The van der Waals surface area contributed by atoms with Gasteiger partial charge in [-0.15, -0.1) is 0 Å². The van der Waals surface area contributed by atoms with E-state index in [4.69, 9.17) is 5.73 Å². The van der Waals surface area contributed by atoms with Crippen molar-refractivity contribution in [3.63, 3.8) is 0 Å². The van der Waals surface area contributed by atoms with Crippen LogP contribution >= 0.6 is 0 Å². The Kier molecular flexibility index (Phi) is 4.66. The van der Waals surface area contributed by atoms with Gasteiger partial charge in [0.2, 0.25) is 5.91 Å². The summed E-state index contributed by atoms with van der Waals surface area (Å²) < 4.78 is 23.4. The molecule has 3 N–H and O–H groups in total. The Morgan fingerprint density at radius 2 is 2.05 bits per heavy atom. The zero-order chi connectivity index (χ0) is 15.8. The summed E-state index contributed by atoms with van der Waals surface area (Å²) >= 11 is 0. The number of nitrogens with two attached hydrogens (primary N) is 1. The van der Waals surface area contributed by atoms with Crippen LogP contribution in [0.5, 0.6) is 0 Å². The molecule has 21 heavy (non-hydrogen) atoms. The second-order valence-electron chi connectivity index (χ2n) is 6.84. The lowest BCUT2D eigenvalue weighted by molar-refractivity contribution is -0.126. The number of hydrogen-bond acceptors (Lipinski definition) is 5. The van der Waals surface area contributed by atoms with Gasteiger partial charge in [-0.2, -0.15) is 0 Å². The molecule has 2 aliphatic rings. The predicted molar refractivity (Wildman–Crippen MR) is 82.6 cm³/mol. The molecule has 0 spiro atoms. The fourth-order valence-corrected chi connectivity index (χ4v) is 4.95. The third-order valence-corrected chi connectivity index (χ3v) is 6.32. The number of primary amides is 1. The molecule has 1 amide bonds. The molecule has 2 unspecified atom stereocenters. The predicted octanol–water partition coefficient (Wildman–Crippen LogP) is -0.263. The minimum absolute atomic E-state index is 0.0739. The molecule has 1 aliphatic carbocycles. The van der Waals surface area contributed by atoms with Gasteiger partial charge < -0.3 is 5.73 Å². The van der Waals surface area contributed by atoms with Gasteiger partial charge in [0, 0.05) is 25.2 Å². The molecule has 2 fully saturated rings. The van der Waals surface area contributed by atoms with Crippen molar-refractivity contribution in [2.75, 3.05) is 24.6 Å². The monoisotopic (exact) mass is 317 g/mol. The summed E-state index contributed by atoms with van der Waals surface area (Å²) in [5, 5.41) is 3.38. The number of nitrogens with one attached hydrogen (secondary N) is 1. The largest absolute Gasteiger partial charge is 0.368 e. The van der Waals surface area contributed by atoms with E-state index in [-0.39, 0.29) is 35.4 Å². The molecule has 122 valence electrons. The second-order valence-corrected chi connectivity index (χ2v) is 9.07. The topological polar surface area (TPSA) is 92.5 Å². The van der Waals surface area contributed by atoms with Crippen molar-refractivity contribution >= 4 is 15.7 Å². The molecule has 0 radical (unpaired) electrons. The molecule has 1 heterocycles. The Hall–Kier alpha value is -0.660. The Balaban J connectivity index is 2.17. The summed E-state index contributed by atoms with van der Waals surface area (Å²) in [5.74, 6) is 0.273. The lowest BCUT2D eigenvalue weighted by Crippen LogP contribution is -2.66. The Bertz CT molecular complexity index is 502. The fourth-order valence-electron chi connectivity index (χ4n) is 3.32. The van der Waals surface area contributed by atoms with E-state index in [2.05, 4.69) is 10.2 Å². The SMILES string of the molecule is CC(C)NC(CN1CCS(=O)(=O)CC1C)(C(N)=O)C1CC1. The van der Waals surface area contributed by atoms with Gasteiger partial charge in [0.15, 0.2) is 9.84 Å². The van der Waals surface area contributed by atoms with E-state index in [1.165, 1.54) is 0 Å². The van der Waals surface area contributed by atoms with Gasteiger partial charge in [-0.3, -0.25) is 15.0 Å². The molecule has 2 rings (SSSR count). The number of hydrogen-bond donors (Lipinski definition) is 2. The third-order valence-electron chi connectivity index (χ3n) is 4.52. The summed E-state index contributed by atoms with van der Waals surface area (Å²) in [7, 11) is -2.95. The van der Waals surface area contributed by atoms with E-state index in [0.29, 0.717) is 13.1 Å². The number of carbonyl (C=O) groups is 1. The van der Waals surface area contributed by atoms with Crippen LogP contribution in [0.2, 0.25) is 0 Å². The van der Waals surface area contributed by atoms with Crippen LogP contribution < -0.4 is 11.1 Å². The van der Waals surface area contributed by atoms with Crippen molar-refractivity contribution in [3.05, 3.63) is 0 Å². The van der Waals surface area contributed by atoms with Crippen LogP contribution in [-0.2, 0) is 14.6 Å². The average Bonchev–Trinajstić information content (AvgIpc) is 3.14. The van der Waals surface area contributed by atoms with Crippen LogP contribution in [0.4, 0.5) is 0 Å². The van der Waals surface area contributed by atoms with Crippen molar-refractivity contribution < 1.29 is 13.2 Å². The van der Waals surface area contributed by atoms with E-state index in [0.717, 1.165) is 12.8 Å². The van der Waals surface area contributed by atoms with Crippen molar-refractivity contribution in [2.24, 2.45) is 11.7 Å². The minimum Gasteiger partial charge on any atom is -0.368 e. The molecule has 0 aromatic carbocycles. The lowest BCUT2D eigenvalue weighted by Gasteiger charge is -2.42. The number of sulfone groups is 1.